The molecule has 1 saturated heterocycles. The summed E-state index contributed by atoms with van der Waals surface area (Å²) >= 11 is 5.73. The molecule has 0 radical (unpaired) electrons. The minimum absolute atomic E-state index is 0.153. The van der Waals surface area contributed by atoms with Gasteiger partial charge in [0, 0.05) is 38.8 Å². The summed E-state index contributed by atoms with van der Waals surface area (Å²) in [7, 11) is 1.68. The molecule has 0 spiro atoms. The largest absolute Gasteiger partial charge is 0.378 e. The van der Waals surface area contributed by atoms with Gasteiger partial charge >= 0.3 is 0 Å². The van der Waals surface area contributed by atoms with E-state index in [1.54, 1.807) is 25.3 Å². The Hall–Kier alpha value is -0.680. The van der Waals surface area contributed by atoms with Gasteiger partial charge in [-0.15, -0.1) is 0 Å². The fourth-order valence-corrected chi connectivity index (χ4v) is 2.27. The SMILES string of the molecule is COC1(CNCc2cccc(Cl)c2F)CCOC1. The summed E-state index contributed by atoms with van der Waals surface area (Å²) < 4.78 is 24.5. The standard InChI is InChI=1S/C13H17ClFNO2/c1-17-13(5-6-18-9-13)8-16-7-10-3-2-4-11(14)12(10)15/h2-4,16H,5-9H2,1H3. The van der Waals surface area contributed by atoms with E-state index in [1.165, 1.54) is 0 Å². The summed E-state index contributed by atoms with van der Waals surface area (Å²) in [6.07, 6.45) is 0.856. The van der Waals surface area contributed by atoms with E-state index < -0.39 is 0 Å². The molecule has 1 aromatic rings. The first-order valence-corrected chi connectivity index (χ1v) is 6.31. The van der Waals surface area contributed by atoms with Gasteiger partial charge in [-0.05, 0) is 6.07 Å². The number of methoxy groups -OCH3 is 1. The van der Waals surface area contributed by atoms with Crippen molar-refractivity contribution in [2.75, 3.05) is 26.9 Å². The van der Waals surface area contributed by atoms with Crippen LogP contribution in [0.15, 0.2) is 18.2 Å². The topological polar surface area (TPSA) is 30.5 Å². The number of hydrogen-bond acceptors (Lipinski definition) is 3. The molecule has 18 heavy (non-hydrogen) atoms. The zero-order chi connectivity index (χ0) is 13.0. The molecule has 1 fully saturated rings. The van der Waals surface area contributed by atoms with Gasteiger partial charge < -0.3 is 14.8 Å². The van der Waals surface area contributed by atoms with E-state index in [1.807, 2.05) is 0 Å². The quantitative estimate of drug-likeness (QED) is 0.893. The zero-order valence-corrected chi connectivity index (χ0v) is 11.1. The number of nitrogens with one attached hydrogen (secondary N) is 1. The Labute approximate surface area is 111 Å². The number of ether oxygens (including phenoxy) is 2. The second-order valence-electron chi connectivity index (χ2n) is 4.51. The van der Waals surface area contributed by atoms with Crippen LogP contribution in [0.5, 0.6) is 0 Å². The van der Waals surface area contributed by atoms with Gasteiger partial charge in [-0.2, -0.15) is 0 Å². The highest BCUT2D eigenvalue weighted by atomic mass is 35.5. The molecule has 0 amide bonds. The predicted molar refractivity (Wildman–Crippen MR) is 68.3 cm³/mol. The molecule has 1 unspecified atom stereocenters. The van der Waals surface area contributed by atoms with Crippen LogP contribution in [0.1, 0.15) is 12.0 Å². The van der Waals surface area contributed by atoms with Crippen LogP contribution in [0, 0.1) is 5.82 Å². The number of halogens is 2. The molecule has 1 aliphatic rings. The molecule has 0 aliphatic carbocycles. The highest BCUT2D eigenvalue weighted by Crippen LogP contribution is 2.22. The molecule has 0 saturated carbocycles. The molecule has 1 aromatic carbocycles. The number of benzene rings is 1. The van der Waals surface area contributed by atoms with E-state index in [0.29, 0.717) is 31.9 Å². The predicted octanol–water partition coefficient (Wildman–Crippen LogP) is 2.37. The molecule has 2 rings (SSSR count). The Morgan fingerprint density at radius 2 is 2.39 bits per heavy atom. The van der Waals surface area contributed by atoms with Crippen LogP contribution < -0.4 is 5.32 Å². The fraction of sp³-hybridized carbons (Fsp3) is 0.538. The first-order valence-electron chi connectivity index (χ1n) is 5.93. The molecule has 100 valence electrons. The molecule has 1 N–H and O–H groups in total. The summed E-state index contributed by atoms with van der Waals surface area (Å²) in [6.45, 7) is 2.35. The summed E-state index contributed by atoms with van der Waals surface area (Å²) in [5, 5.41) is 3.35. The van der Waals surface area contributed by atoms with Crippen LogP contribution >= 0.6 is 11.6 Å². The molecular formula is C13H17ClFNO2. The monoisotopic (exact) mass is 273 g/mol. The first kappa shape index (κ1) is 13.7. The Morgan fingerprint density at radius 3 is 3.06 bits per heavy atom. The van der Waals surface area contributed by atoms with E-state index in [9.17, 15) is 4.39 Å². The van der Waals surface area contributed by atoms with Crippen molar-refractivity contribution in [2.24, 2.45) is 0 Å². The molecule has 1 atom stereocenters. The van der Waals surface area contributed by atoms with Crippen molar-refractivity contribution < 1.29 is 13.9 Å². The van der Waals surface area contributed by atoms with Crippen LogP contribution in [0.4, 0.5) is 4.39 Å². The van der Waals surface area contributed by atoms with Crippen molar-refractivity contribution in [1.29, 1.82) is 0 Å². The molecule has 1 heterocycles. The number of rotatable bonds is 5. The Bertz CT molecular complexity index is 408. The highest BCUT2D eigenvalue weighted by Gasteiger charge is 2.34. The van der Waals surface area contributed by atoms with Crippen molar-refractivity contribution >= 4 is 11.6 Å². The molecular weight excluding hydrogens is 257 g/mol. The van der Waals surface area contributed by atoms with Crippen LogP contribution in [-0.2, 0) is 16.0 Å². The van der Waals surface area contributed by atoms with Crippen LogP contribution in [-0.4, -0.2) is 32.5 Å². The highest BCUT2D eigenvalue weighted by molar-refractivity contribution is 6.30. The van der Waals surface area contributed by atoms with Crippen molar-refractivity contribution in [3.8, 4) is 0 Å². The third kappa shape index (κ3) is 3.01. The Kier molecular flexibility index (Phi) is 4.56. The second-order valence-corrected chi connectivity index (χ2v) is 4.91. The van der Waals surface area contributed by atoms with Gasteiger partial charge in [-0.25, -0.2) is 4.39 Å². The Morgan fingerprint density at radius 1 is 1.56 bits per heavy atom. The first-order chi connectivity index (χ1) is 8.67. The zero-order valence-electron chi connectivity index (χ0n) is 10.3. The normalized spacial score (nSPS) is 23.5. The molecule has 0 bridgehead atoms. The maximum atomic E-state index is 13.7. The van der Waals surface area contributed by atoms with Crippen molar-refractivity contribution in [3.05, 3.63) is 34.6 Å². The van der Waals surface area contributed by atoms with Crippen molar-refractivity contribution in [2.45, 2.75) is 18.6 Å². The van der Waals surface area contributed by atoms with Gasteiger partial charge in [-0.3, -0.25) is 0 Å². The Balaban J connectivity index is 1.90. The third-order valence-electron chi connectivity index (χ3n) is 3.29. The lowest BCUT2D eigenvalue weighted by Gasteiger charge is -2.26. The molecule has 3 nitrogen and oxygen atoms in total. The lowest BCUT2D eigenvalue weighted by atomic mass is 10.0. The van der Waals surface area contributed by atoms with E-state index >= 15 is 0 Å². The summed E-state index contributed by atoms with van der Waals surface area (Å²) in [5.74, 6) is -0.360. The molecule has 1 aliphatic heterocycles. The van der Waals surface area contributed by atoms with Crippen molar-refractivity contribution in [1.82, 2.24) is 5.32 Å². The maximum absolute atomic E-state index is 13.7. The lowest BCUT2D eigenvalue weighted by Crippen LogP contribution is -2.42. The third-order valence-corrected chi connectivity index (χ3v) is 3.59. The van der Waals surface area contributed by atoms with Gasteiger partial charge in [-0.1, -0.05) is 23.7 Å². The average molecular weight is 274 g/mol. The maximum Gasteiger partial charge on any atom is 0.146 e. The van der Waals surface area contributed by atoms with Gasteiger partial charge in [0.15, 0.2) is 0 Å². The minimum Gasteiger partial charge on any atom is -0.378 e. The molecule has 5 heteroatoms. The average Bonchev–Trinajstić information content (AvgIpc) is 2.84. The van der Waals surface area contributed by atoms with Gasteiger partial charge in [0.2, 0.25) is 0 Å². The number of hydrogen-bond donors (Lipinski definition) is 1. The smallest absolute Gasteiger partial charge is 0.146 e. The van der Waals surface area contributed by atoms with Gasteiger partial charge in [0.25, 0.3) is 0 Å². The van der Waals surface area contributed by atoms with E-state index in [0.717, 1.165) is 6.42 Å². The second kappa shape index (κ2) is 5.97. The summed E-state index contributed by atoms with van der Waals surface area (Å²) in [5.41, 5.74) is 0.280. The summed E-state index contributed by atoms with van der Waals surface area (Å²) in [4.78, 5) is 0. The van der Waals surface area contributed by atoms with Crippen LogP contribution in [0.2, 0.25) is 5.02 Å². The minimum atomic E-state index is -0.360. The lowest BCUT2D eigenvalue weighted by molar-refractivity contribution is -0.0159. The van der Waals surface area contributed by atoms with E-state index in [-0.39, 0.29) is 16.4 Å². The molecule has 0 aromatic heterocycles. The van der Waals surface area contributed by atoms with Gasteiger partial charge in [0.1, 0.15) is 11.4 Å². The van der Waals surface area contributed by atoms with Crippen LogP contribution in [0.25, 0.3) is 0 Å². The van der Waals surface area contributed by atoms with E-state index in [2.05, 4.69) is 5.32 Å². The fourth-order valence-electron chi connectivity index (χ4n) is 2.07. The van der Waals surface area contributed by atoms with Crippen molar-refractivity contribution in [3.63, 3.8) is 0 Å². The summed E-state index contributed by atoms with van der Waals surface area (Å²) in [6, 6.07) is 5.01. The van der Waals surface area contributed by atoms with Gasteiger partial charge in [0.05, 0.1) is 11.6 Å². The van der Waals surface area contributed by atoms with Crippen LogP contribution in [0.3, 0.4) is 0 Å². The van der Waals surface area contributed by atoms with E-state index in [4.69, 9.17) is 21.1 Å².